The molecule has 16 heavy (non-hydrogen) atoms. The lowest BCUT2D eigenvalue weighted by atomic mass is 10.1. The van der Waals surface area contributed by atoms with Crippen LogP contribution in [0.4, 0.5) is 0 Å². The minimum Gasteiger partial charge on any atom is -0.381 e. The van der Waals surface area contributed by atoms with Crippen LogP contribution in [0.2, 0.25) is 0 Å². The summed E-state index contributed by atoms with van der Waals surface area (Å²) < 4.78 is 5.51. The van der Waals surface area contributed by atoms with Gasteiger partial charge in [-0.05, 0) is 19.3 Å². The Labute approximate surface area is 99.3 Å². The summed E-state index contributed by atoms with van der Waals surface area (Å²) in [5.74, 6) is 0. The monoisotopic (exact) mass is 227 g/mol. The first-order valence-corrected chi connectivity index (χ1v) is 6.53. The molecule has 0 aromatic rings. The van der Waals surface area contributed by atoms with Crippen molar-refractivity contribution in [1.82, 2.24) is 0 Å². The first kappa shape index (κ1) is 15.3. The fraction of sp³-hybridized carbons (Fsp3) is 0.923. The van der Waals surface area contributed by atoms with Crippen molar-refractivity contribution in [1.29, 1.82) is 0 Å². The van der Waals surface area contributed by atoms with Crippen LogP contribution in [0.5, 0.6) is 0 Å². The van der Waals surface area contributed by atoms with Gasteiger partial charge in [0, 0.05) is 13.2 Å². The Morgan fingerprint density at radius 1 is 0.938 bits per heavy atom. The second kappa shape index (κ2) is 14.3. The second-order valence-corrected chi connectivity index (χ2v) is 4.06. The SMILES string of the molecule is CCCCCOCCCCCCCN=C=O. The zero-order chi connectivity index (χ0) is 11.9. The molecule has 3 nitrogen and oxygen atoms in total. The third kappa shape index (κ3) is 13.3. The fourth-order valence-corrected chi connectivity index (χ4v) is 1.53. The van der Waals surface area contributed by atoms with Gasteiger partial charge in [0.1, 0.15) is 0 Å². The summed E-state index contributed by atoms with van der Waals surface area (Å²) in [6, 6.07) is 0. The van der Waals surface area contributed by atoms with Crippen LogP contribution in [0.25, 0.3) is 0 Å². The van der Waals surface area contributed by atoms with Gasteiger partial charge in [-0.25, -0.2) is 9.79 Å². The molecule has 94 valence electrons. The summed E-state index contributed by atoms with van der Waals surface area (Å²) in [5, 5.41) is 0. The zero-order valence-corrected chi connectivity index (χ0v) is 10.5. The van der Waals surface area contributed by atoms with E-state index in [1.54, 1.807) is 6.08 Å². The van der Waals surface area contributed by atoms with Crippen molar-refractivity contribution in [3.63, 3.8) is 0 Å². The van der Waals surface area contributed by atoms with E-state index in [0.717, 1.165) is 32.5 Å². The summed E-state index contributed by atoms with van der Waals surface area (Å²) >= 11 is 0. The Morgan fingerprint density at radius 2 is 1.56 bits per heavy atom. The molecular weight excluding hydrogens is 202 g/mol. The number of hydrogen-bond donors (Lipinski definition) is 0. The van der Waals surface area contributed by atoms with Gasteiger partial charge in [-0.1, -0.05) is 39.0 Å². The fourth-order valence-electron chi connectivity index (χ4n) is 1.53. The quantitative estimate of drug-likeness (QED) is 0.291. The van der Waals surface area contributed by atoms with Crippen LogP contribution in [0, 0.1) is 0 Å². The third-order valence-electron chi connectivity index (χ3n) is 2.52. The van der Waals surface area contributed by atoms with E-state index in [2.05, 4.69) is 11.9 Å². The number of nitrogens with zero attached hydrogens (tertiary/aromatic N) is 1. The summed E-state index contributed by atoms with van der Waals surface area (Å²) in [6.07, 6.45) is 11.0. The van der Waals surface area contributed by atoms with Gasteiger partial charge in [0.15, 0.2) is 0 Å². The lowest BCUT2D eigenvalue weighted by Crippen LogP contribution is -1.97. The van der Waals surface area contributed by atoms with Crippen molar-refractivity contribution in [2.45, 2.75) is 58.3 Å². The van der Waals surface area contributed by atoms with Gasteiger partial charge in [0.05, 0.1) is 6.54 Å². The predicted octanol–water partition coefficient (Wildman–Crippen LogP) is 3.48. The van der Waals surface area contributed by atoms with E-state index in [9.17, 15) is 4.79 Å². The summed E-state index contributed by atoms with van der Waals surface area (Å²) in [4.78, 5) is 13.3. The van der Waals surface area contributed by atoms with Gasteiger partial charge in [-0.3, -0.25) is 0 Å². The van der Waals surface area contributed by atoms with Crippen LogP contribution in [0.15, 0.2) is 4.99 Å². The van der Waals surface area contributed by atoms with Crippen LogP contribution in [0.3, 0.4) is 0 Å². The maximum absolute atomic E-state index is 9.78. The first-order valence-electron chi connectivity index (χ1n) is 6.53. The molecule has 0 heterocycles. The van der Waals surface area contributed by atoms with E-state index in [0.29, 0.717) is 6.54 Å². The molecule has 0 unspecified atom stereocenters. The van der Waals surface area contributed by atoms with Crippen LogP contribution in [-0.2, 0) is 9.53 Å². The highest BCUT2D eigenvalue weighted by atomic mass is 16.5. The lowest BCUT2D eigenvalue weighted by Gasteiger charge is -2.03. The highest BCUT2D eigenvalue weighted by Crippen LogP contribution is 2.03. The molecule has 0 aromatic carbocycles. The topological polar surface area (TPSA) is 38.7 Å². The largest absolute Gasteiger partial charge is 0.381 e. The molecule has 3 heteroatoms. The minimum atomic E-state index is 0.636. The number of aliphatic imine (C=N–C) groups is 1. The van der Waals surface area contributed by atoms with Gasteiger partial charge < -0.3 is 4.74 Å². The molecule has 0 aliphatic heterocycles. The normalized spacial score (nSPS) is 10.1. The van der Waals surface area contributed by atoms with Crippen molar-refractivity contribution >= 4 is 6.08 Å². The molecule has 0 aliphatic rings. The van der Waals surface area contributed by atoms with Crippen LogP contribution in [-0.4, -0.2) is 25.8 Å². The molecule has 0 aliphatic carbocycles. The molecule has 0 bridgehead atoms. The highest BCUT2D eigenvalue weighted by molar-refractivity contribution is 5.32. The Hall–Kier alpha value is -0.660. The molecule has 0 rings (SSSR count). The van der Waals surface area contributed by atoms with Crippen molar-refractivity contribution in [2.75, 3.05) is 19.8 Å². The molecule has 0 saturated carbocycles. The van der Waals surface area contributed by atoms with Gasteiger partial charge in [0.25, 0.3) is 0 Å². The number of ether oxygens (including phenoxy) is 1. The average molecular weight is 227 g/mol. The van der Waals surface area contributed by atoms with E-state index in [4.69, 9.17) is 4.74 Å². The second-order valence-electron chi connectivity index (χ2n) is 4.06. The van der Waals surface area contributed by atoms with Gasteiger partial charge >= 0.3 is 0 Å². The zero-order valence-electron chi connectivity index (χ0n) is 10.5. The Morgan fingerprint density at radius 3 is 2.25 bits per heavy atom. The number of carbonyl (C=O) groups excluding carboxylic acids is 1. The standard InChI is InChI=1S/C13H25NO2/c1-2-3-8-11-16-12-9-6-4-5-7-10-14-13-15/h2-12H2,1H3. The highest BCUT2D eigenvalue weighted by Gasteiger charge is 1.91. The van der Waals surface area contributed by atoms with Crippen LogP contribution in [0.1, 0.15) is 58.3 Å². The van der Waals surface area contributed by atoms with Crippen molar-refractivity contribution in [2.24, 2.45) is 4.99 Å². The van der Waals surface area contributed by atoms with Crippen molar-refractivity contribution < 1.29 is 9.53 Å². The van der Waals surface area contributed by atoms with E-state index in [1.807, 2.05) is 0 Å². The molecule has 0 spiro atoms. The number of isocyanates is 1. The first-order chi connectivity index (χ1) is 7.91. The molecule has 0 radical (unpaired) electrons. The molecule has 0 atom stereocenters. The van der Waals surface area contributed by atoms with Crippen LogP contribution >= 0.6 is 0 Å². The van der Waals surface area contributed by atoms with Gasteiger partial charge in [0.2, 0.25) is 6.08 Å². The average Bonchev–Trinajstić information content (AvgIpc) is 2.31. The summed E-state index contributed by atoms with van der Waals surface area (Å²) in [7, 11) is 0. The molecule has 0 N–H and O–H groups in total. The van der Waals surface area contributed by atoms with E-state index >= 15 is 0 Å². The predicted molar refractivity (Wildman–Crippen MR) is 66.4 cm³/mol. The molecule has 0 saturated heterocycles. The maximum atomic E-state index is 9.78. The lowest BCUT2D eigenvalue weighted by molar-refractivity contribution is 0.126. The van der Waals surface area contributed by atoms with Crippen LogP contribution < -0.4 is 0 Å². The van der Waals surface area contributed by atoms with Gasteiger partial charge in [-0.15, -0.1) is 0 Å². The van der Waals surface area contributed by atoms with Gasteiger partial charge in [-0.2, -0.15) is 0 Å². The molecule has 0 fully saturated rings. The Balaban J connectivity index is 2.90. The van der Waals surface area contributed by atoms with Crippen molar-refractivity contribution in [3.05, 3.63) is 0 Å². The Kier molecular flexibility index (Phi) is 13.7. The molecule has 0 amide bonds. The number of hydrogen-bond acceptors (Lipinski definition) is 3. The third-order valence-corrected chi connectivity index (χ3v) is 2.52. The molecule has 0 aromatic heterocycles. The number of unbranched alkanes of at least 4 members (excludes halogenated alkanes) is 6. The summed E-state index contributed by atoms with van der Waals surface area (Å²) in [6.45, 7) is 4.66. The molecular formula is C13H25NO2. The minimum absolute atomic E-state index is 0.636. The van der Waals surface area contributed by atoms with E-state index < -0.39 is 0 Å². The summed E-state index contributed by atoms with van der Waals surface area (Å²) in [5.41, 5.74) is 0. The number of rotatable bonds is 12. The van der Waals surface area contributed by atoms with Crippen molar-refractivity contribution in [3.8, 4) is 0 Å². The van der Waals surface area contributed by atoms with E-state index in [1.165, 1.54) is 32.1 Å². The Bertz CT molecular complexity index is 177. The maximum Gasteiger partial charge on any atom is 0.234 e. The smallest absolute Gasteiger partial charge is 0.234 e. The van der Waals surface area contributed by atoms with E-state index in [-0.39, 0.29) is 0 Å².